The van der Waals surface area contributed by atoms with E-state index in [1.54, 1.807) is 0 Å². The van der Waals surface area contributed by atoms with Crippen LogP contribution in [0.1, 0.15) is 45.4 Å². The highest BCUT2D eigenvalue weighted by molar-refractivity contribution is 5.80. The number of hydrogen-bond donors (Lipinski definition) is 1. The highest BCUT2D eigenvalue weighted by atomic mass is 16.2. The van der Waals surface area contributed by atoms with Crippen LogP contribution in [-0.4, -0.2) is 37.0 Å². The smallest absolute Gasteiger partial charge is 0.223 e. The fourth-order valence-corrected chi connectivity index (χ4v) is 3.10. The Bertz CT molecular complexity index is 286. The quantitative estimate of drug-likeness (QED) is 0.812. The van der Waals surface area contributed by atoms with Crippen LogP contribution in [0.15, 0.2) is 0 Å². The van der Waals surface area contributed by atoms with Crippen molar-refractivity contribution in [3.63, 3.8) is 0 Å². The van der Waals surface area contributed by atoms with E-state index in [1.165, 1.54) is 25.7 Å². The van der Waals surface area contributed by atoms with Gasteiger partial charge in [0.25, 0.3) is 0 Å². The minimum Gasteiger partial charge on any atom is -0.354 e. The molecule has 0 aromatic carbocycles. The van der Waals surface area contributed by atoms with Crippen molar-refractivity contribution < 1.29 is 4.79 Å². The average molecular weight is 238 g/mol. The lowest BCUT2D eigenvalue weighted by atomic mass is 9.75. The van der Waals surface area contributed by atoms with Crippen molar-refractivity contribution in [2.45, 2.75) is 51.0 Å². The largest absolute Gasteiger partial charge is 0.354 e. The summed E-state index contributed by atoms with van der Waals surface area (Å²) in [5.41, 5.74) is 0.197. The predicted octanol–water partition coefficient (Wildman–Crippen LogP) is 2.02. The maximum Gasteiger partial charge on any atom is 0.223 e. The molecule has 2 rings (SSSR count). The van der Waals surface area contributed by atoms with Gasteiger partial charge in [-0.25, -0.2) is 0 Å². The van der Waals surface area contributed by atoms with E-state index in [9.17, 15) is 4.79 Å². The summed E-state index contributed by atoms with van der Waals surface area (Å²) in [5.74, 6) is 1.39. The van der Waals surface area contributed by atoms with Gasteiger partial charge in [0.2, 0.25) is 5.91 Å². The van der Waals surface area contributed by atoms with Crippen LogP contribution >= 0.6 is 0 Å². The lowest BCUT2D eigenvalue weighted by molar-refractivity contribution is -0.123. The number of nitrogens with one attached hydrogen (secondary N) is 1. The molecule has 0 aliphatic heterocycles. The number of nitrogens with zero attached hydrogens (tertiary/aromatic N) is 1. The van der Waals surface area contributed by atoms with Crippen LogP contribution in [0.2, 0.25) is 0 Å². The first kappa shape index (κ1) is 12.9. The van der Waals surface area contributed by atoms with Crippen LogP contribution in [0.5, 0.6) is 0 Å². The first-order valence-corrected chi connectivity index (χ1v) is 6.99. The van der Waals surface area contributed by atoms with E-state index in [1.807, 2.05) is 0 Å². The van der Waals surface area contributed by atoms with Gasteiger partial charge in [0.05, 0.1) is 0 Å². The summed E-state index contributed by atoms with van der Waals surface area (Å²) in [6.45, 7) is 3.17. The fraction of sp³-hybridized carbons (Fsp3) is 0.929. The van der Waals surface area contributed by atoms with E-state index in [2.05, 4.69) is 31.2 Å². The Morgan fingerprint density at radius 3 is 2.59 bits per heavy atom. The van der Waals surface area contributed by atoms with Crippen molar-refractivity contribution >= 4 is 5.91 Å². The summed E-state index contributed by atoms with van der Waals surface area (Å²) in [6.07, 6.45) is 7.25. The van der Waals surface area contributed by atoms with E-state index in [0.29, 0.717) is 5.92 Å². The van der Waals surface area contributed by atoms with Crippen LogP contribution < -0.4 is 5.32 Å². The summed E-state index contributed by atoms with van der Waals surface area (Å²) in [7, 11) is 4.31. The van der Waals surface area contributed by atoms with Gasteiger partial charge in [-0.3, -0.25) is 4.79 Å². The molecule has 98 valence electrons. The standard InChI is InChI=1S/C14H26N2O/c1-11-5-4-8-14(9-11,16(2)3)10-15-13(17)12-6-7-12/h11-12H,4-10H2,1-3H3,(H,15,17). The minimum absolute atomic E-state index is 0.197. The average Bonchev–Trinajstić information content (AvgIpc) is 3.09. The Hall–Kier alpha value is -0.570. The Labute approximate surface area is 105 Å². The Morgan fingerprint density at radius 1 is 1.35 bits per heavy atom. The molecule has 0 heterocycles. The maximum atomic E-state index is 11.8. The van der Waals surface area contributed by atoms with Crippen LogP contribution in [0.25, 0.3) is 0 Å². The third kappa shape index (κ3) is 3.01. The lowest BCUT2D eigenvalue weighted by Crippen LogP contribution is -2.55. The second-order valence-corrected chi connectivity index (χ2v) is 6.31. The van der Waals surface area contributed by atoms with Gasteiger partial charge < -0.3 is 10.2 Å². The Kier molecular flexibility index (Phi) is 3.76. The topological polar surface area (TPSA) is 32.3 Å². The van der Waals surface area contributed by atoms with Crippen molar-refractivity contribution in [1.29, 1.82) is 0 Å². The second kappa shape index (κ2) is 4.97. The van der Waals surface area contributed by atoms with Gasteiger partial charge in [-0.2, -0.15) is 0 Å². The molecule has 2 unspecified atom stereocenters. The number of amides is 1. The van der Waals surface area contributed by atoms with Gasteiger partial charge in [0, 0.05) is 18.0 Å². The fourth-order valence-electron chi connectivity index (χ4n) is 3.10. The molecular formula is C14H26N2O. The first-order valence-electron chi connectivity index (χ1n) is 6.99. The van der Waals surface area contributed by atoms with E-state index in [0.717, 1.165) is 25.3 Å². The molecule has 17 heavy (non-hydrogen) atoms. The molecule has 0 saturated heterocycles. The summed E-state index contributed by atoms with van der Waals surface area (Å²) in [4.78, 5) is 14.1. The summed E-state index contributed by atoms with van der Waals surface area (Å²) in [6, 6.07) is 0. The van der Waals surface area contributed by atoms with Crippen LogP contribution in [0.4, 0.5) is 0 Å². The number of carbonyl (C=O) groups is 1. The molecule has 3 nitrogen and oxygen atoms in total. The molecule has 0 aromatic rings. The van der Waals surface area contributed by atoms with E-state index in [4.69, 9.17) is 0 Å². The van der Waals surface area contributed by atoms with Crippen molar-refractivity contribution in [3.8, 4) is 0 Å². The monoisotopic (exact) mass is 238 g/mol. The number of carbonyl (C=O) groups excluding carboxylic acids is 1. The maximum absolute atomic E-state index is 11.8. The van der Waals surface area contributed by atoms with E-state index < -0.39 is 0 Å². The molecule has 0 bridgehead atoms. The molecule has 0 radical (unpaired) electrons. The third-order valence-corrected chi connectivity index (χ3v) is 4.56. The predicted molar refractivity (Wildman–Crippen MR) is 69.8 cm³/mol. The van der Waals surface area contributed by atoms with Crippen LogP contribution in [0.3, 0.4) is 0 Å². The Balaban J connectivity index is 1.93. The van der Waals surface area contributed by atoms with Crippen molar-refractivity contribution in [1.82, 2.24) is 10.2 Å². The number of rotatable bonds is 4. The molecular weight excluding hydrogens is 212 g/mol. The van der Waals surface area contributed by atoms with Gasteiger partial charge in [0.1, 0.15) is 0 Å². The molecule has 2 aliphatic rings. The molecule has 1 amide bonds. The van der Waals surface area contributed by atoms with E-state index >= 15 is 0 Å². The Morgan fingerprint density at radius 2 is 2.06 bits per heavy atom. The summed E-state index contributed by atoms with van der Waals surface area (Å²) >= 11 is 0. The third-order valence-electron chi connectivity index (χ3n) is 4.56. The van der Waals surface area contributed by atoms with Gasteiger partial charge in [-0.05, 0) is 45.7 Å². The SMILES string of the molecule is CC1CCCC(CNC(=O)C2CC2)(N(C)C)C1. The van der Waals surface area contributed by atoms with Crippen molar-refractivity contribution in [2.24, 2.45) is 11.8 Å². The zero-order chi connectivity index (χ0) is 12.5. The van der Waals surface area contributed by atoms with E-state index in [-0.39, 0.29) is 11.4 Å². The van der Waals surface area contributed by atoms with Crippen LogP contribution in [-0.2, 0) is 4.79 Å². The first-order chi connectivity index (χ1) is 8.03. The number of likely N-dealkylation sites (N-methyl/N-ethyl adjacent to an activating group) is 1. The summed E-state index contributed by atoms with van der Waals surface area (Å²) in [5, 5.41) is 3.18. The molecule has 0 aromatic heterocycles. The molecule has 2 aliphatic carbocycles. The minimum atomic E-state index is 0.197. The van der Waals surface area contributed by atoms with Crippen molar-refractivity contribution in [2.75, 3.05) is 20.6 Å². The molecule has 3 heteroatoms. The molecule has 2 fully saturated rings. The lowest BCUT2D eigenvalue weighted by Gasteiger charge is -2.45. The number of hydrogen-bond acceptors (Lipinski definition) is 2. The summed E-state index contributed by atoms with van der Waals surface area (Å²) < 4.78 is 0. The van der Waals surface area contributed by atoms with Crippen molar-refractivity contribution in [3.05, 3.63) is 0 Å². The van der Waals surface area contributed by atoms with Gasteiger partial charge >= 0.3 is 0 Å². The highest BCUT2D eigenvalue weighted by Crippen LogP contribution is 2.35. The molecule has 2 atom stereocenters. The highest BCUT2D eigenvalue weighted by Gasteiger charge is 2.38. The van der Waals surface area contributed by atoms with Gasteiger partial charge in [0.15, 0.2) is 0 Å². The van der Waals surface area contributed by atoms with Crippen LogP contribution in [0, 0.1) is 11.8 Å². The second-order valence-electron chi connectivity index (χ2n) is 6.31. The zero-order valence-electron chi connectivity index (χ0n) is 11.5. The normalized spacial score (nSPS) is 33.8. The molecule has 2 saturated carbocycles. The van der Waals surface area contributed by atoms with Gasteiger partial charge in [-0.1, -0.05) is 19.8 Å². The molecule has 0 spiro atoms. The zero-order valence-corrected chi connectivity index (χ0v) is 11.5. The van der Waals surface area contributed by atoms with Gasteiger partial charge in [-0.15, -0.1) is 0 Å². The molecule has 1 N–H and O–H groups in total.